The Kier molecular flexibility index (Phi) is 11.0. The van der Waals surface area contributed by atoms with Gasteiger partial charge in [0.1, 0.15) is 18.0 Å². The SMILES string of the molecule is C=CN(/C(=C(\C)c1ccccc1)c1c(C(=O)Nc2cccnc2OCCN2CCOCC2)[nH]c2cc(Cl)ccc12)C(C)c1ccc(Cl)cc1. The largest absolute Gasteiger partial charge is 0.475 e. The molecular weight excluding hydrogens is 657 g/mol. The first-order valence-corrected chi connectivity index (χ1v) is 17.0. The number of carbonyl (C=O) groups is 1. The zero-order chi connectivity index (χ0) is 34.3. The molecule has 0 bridgehead atoms. The molecule has 1 fully saturated rings. The van der Waals surface area contributed by atoms with Crippen molar-refractivity contribution in [3.8, 4) is 5.88 Å². The zero-order valence-electron chi connectivity index (χ0n) is 27.6. The third-order valence-electron chi connectivity index (χ3n) is 8.78. The number of allylic oxidation sites excluding steroid dienone is 1. The molecule has 5 aromatic rings. The lowest BCUT2D eigenvalue weighted by Gasteiger charge is -2.32. The van der Waals surface area contributed by atoms with E-state index < -0.39 is 0 Å². The van der Waals surface area contributed by atoms with Gasteiger partial charge in [0.15, 0.2) is 0 Å². The van der Waals surface area contributed by atoms with Crippen LogP contribution in [0, 0.1) is 0 Å². The minimum absolute atomic E-state index is 0.165. The fraction of sp³-hybridized carbons (Fsp3) is 0.231. The lowest BCUT2D eigenvalue weighted by molar-refractivity contribution is 0.0320. The molecule has 0 aliphatic carbocycles. The van der Waals surface area contributed by atoms with E-state index in [4.69, 9.17) is 32.7 Å². The number of nitrogens with zero attached hydrogens (tertiary/aromatic N) is 3. The molecule has 1 atom stereocenters. The molecule has 0 spiro atoms. The Morgan fingerprint density at radius 2 is 1.80 bits per heavy atom. The van der Waals surface area contributed by atoms with Crippen LogP contribution in [0.2, 0.25) is 10.0 Å². The second-order valence-electron chi connectivity index (χ2n) is 11.8. The zero-order valence-corrected chi connectivity index (χ0v) is 29.1. The maximum atomic E-state index is 14.5. The standard InChI is InChI=1S/C39H39Cl2N5O3/c1-4-46(27(3)29-12-14-30(40)15-13-29)37(26(2)28-9-6-5-7-10-28)35-32-17-16-31(41)25-34(32)43-36(35)38(47)44-33-11-8-18-42-39(33)49-24-21-45-19-22-48-23-20-45/h4-18,25,27,43H,1,19-24H2,2-3H3,(H,44,47)/b37-26+. The third-order valence-corrected chi connectivity index (χ3v) is 9.27. The van der Waals surface area contributed by atoms with Gasteiger partial charge in [0.25, 0.3) is 5.91 Å². The summed E-state index contributed by atoms with van der Waals surface area (Å²) >= 11 is 12.7. The van der Waals surface area contributed by atoms with Crippen LogP contribution in [0.1, 0.15) is 47.1 Å². The number of rotatable bonds is 12. The number of ether oxygens (including phenoxy) is 2. The molecular formula is C39H39Cl2N5O3. The van der Waals surface area contributed by atoms with Gasteiger partial charge in [0, 0.05) is 52.3 Å². The van der Waals surface area contributed by atoms with Crippen molar-refractivity contribution in [3.63, 3.8) is 0 Å². The van der Waals surface area contributed by atoms with Crippen molar-refractivity contribution in [1.82, 2.24) is 19.8 Å². The molecule has 3 aromatic carbocycles. The number of morpholine rings is 1. The number of aromatic nitrogens is 2. The van der Waals surface area contributed by atoms with Crippen LogP contribution in [-0.4, -0.2) is 65.1 Å². The first kappa shape index (κ1) is 34.3. The number of carbonyl (C=O) groups excluding carboxylic acids is 1. The number of aromatic amines is 1. The lowest BCUT2D eigenvalue weighted by atomic mass is 9.95. The predicted octanol–water partition coefficient (Wildman–Crippen LogP) is 8.93. The Hall–Kier alpha value is -4.60. The highest BCUT2D eigenvalue weighted by Crippen LogP contribution is 2.41. The lowest BCUT2D eigenvalue weighted by Crippen LogP contribution is -2.38. The van der Waals surface area contributed by atoms with Gasteiger partial charge in [-0.15, -0.1) is 0 Å². The molecule has 2 aromatic heterocycles. The second kappa shape index (κ2) is 15.7. The number of anilines is 1. The van der Waals surface area contributed by atoms with Crippen LogP contribution < -0.4 is 10.1 Å². The van der Waals surface area contributed by atoms with E-state index in [0.717, 1.165) is 52.9 Å². The number of halogens is 2. The van der Waals surface area contributed by atoms with Gasteiger partial charge in [-0.2, -0.15) is 0 Å². The van der Waals surface area contributed by atoms with Crippen molar-refractivity contribution in [1.29, 1.82) is 0 Å². The monoisotopic (exact) mass is 695 g/mol. The van der Waals surface area contributed by atoms with Gasteiger partial charge < -0.3 is 24.7 Å². The van der Waals surface area contributed by atoms with Crippen molar-refractivity contribution in [2.24, 2.45) is 0 Å². The van der Waals surface area contributed by atoms with E-state index in [9.17, 15) is 4.79 Å². The number of amides is 1. The second-order valence-corrected chi connectivity index (χ2v) is 12.7. The summed E-state index contributed by atoms with van der Waals surface area (Å²) in [6.45, 7) is 12.7. The molecule has 1 aliphatic heterocycles. The smallest absolute Gasteiger partial charge is 0.272 e. The van der Waals surface area contributed by atoms with Crippen molar-refractivity contribution < 1.29 is 14.3 Å². The molecule has 252 valence electrons. The van der Waals surface area contributed by atoms with Gasteiger partial charge in [-0.3, -0.25) is 9.69 Å². The van der Waals surface area contributed by atoms with Crippen molar-refractivity contribution in [2.45, 2.75) is 19.9 Å². The number of pyridine rings is 1. The van der Waals surface area contributed by atoms with E-state index in [0.29, 0.717) is 52.7 Å². The van der Waals surface area contributed by atoms with Crippen LogP contribution >= 0.6 is 23.2 Å². The maximum absolute atomic E-state index is 14.5. The molecule has 3 heterocycles. The van der Waals surface area contributed by atoms with Crippen LogP contribution in [0.5, 0.6) is 5.88 Å². The highest BCUT2D eigenvalue weighted by molar-refractivity contribution is 6.31. The molecule has 1 unspecified atom stereocenters. The van der Waals surface area contributed by atoms with Crippen LogP contribution in [-0.2, 0) is 4.74 Å². The Bertz CT molecular complexity index is 1950. The van der Waals surface area contributed by atoms with E-state index in [1.807, 2.05) is 60.7 Å². The van der Waals surface area contributed by atoms with Crippen molar-refractivity contribution >= 4 is 57.0 Å². The molecule has 0 saturated carbocycles. The average Bonchev–Trinajstić information content (AvgIpc) is 3.50. The number of benzene rings is 3. The molecule has 2 N–H and O–H groups in total. The van der Waals surface area contributed by atoms with E-state index in [1.165, 1.54) is 0 Å². The summed E-state index contributed by atoms with van der Waals surface area (Å²) in [6, 6.07) is 26.9. The van der Waals surface area contributed by atoms with Crippen molar-refractivity contribution in [2.75, 3.05) is 44.8 Å². The van der Waals surface area contributed by atoms with E-state index in [-0.39, 0.29) is 11.9 Å². The van der Waals surface area contributed by atoms with Gasteiger partial charge in [-0.05, 0) is 73.1 Å². The van der Waals surface area contributed by atoms with Crippen LogP contribution in [0.4, 0.5) is 5.69 Å². The summed E-state index contributed by atoms with van der Waals surface area (Å²) in [5, 5.41) is 5.13. The van der Waals surface area contributed by atoms with Gasteiger partial charge in [0.05, 0.1) is 25.0 Å². The Balaban J connectivity index is 1.43. The summed E-state index contributed by atoms with van der Waals surface area (Å²) in [5.41, 5.74) is 6.08. The van der Waals surface area contributed by atoms with Crippen LogP contribution in [0.15, 0.2) is 104 Å². The fourth-order valence-electron chi connectivity index (χ4n) is 6.15. The molecule has 10 heteroatoms. The highest BCUT2D eigenvalue weighted by atomic mass is 35.5. The summed E-state index contributed by atoms with van der Waals surface area (Å²) in [7, 11) is 0. The third kappa shape index (κ3) is 7.84. The Labute approximate surface area is 297 Å². The topological polar surface area (TPSA) is 82.7 Å². The number of hydrogen-bond acceptors (Lipinski definition) is 6. The van der Waals surface area contributed by atoms with Crippen molar-refractivity contribution in [3.05, 3.63) is 136 Å². The number of H-pyrrole nitrogens is 1. The maximum Gasteiger partial charge on any atom is 0.272 e. The fourth-order valence-corrected chi connectivity index (χ4v) is 6.45. The number of hydrogen-bond donors (Lipinski definition) is 2. The molecule has 6 rings (SSSR count). The van der Waals surface area contributed by atoms with Gasteiger partial charge in [0.2, 0.25) is 5.88 Å². The van der Waals surface area contributed by atoms with Crippen LogP contribution in [0.25, 0.3) is 22.2 Å². The molecule has 0 radical (unpaired) electrons. The summed E-state index contributed by atoms with van der Waals surface area (Å²) < 4.78 is 11.5. The number of nitrogens with one attached hydrogen (secondary N) is 2. The summed E-state index contributed by atoms with van der Waals surface area (Å²) in [4.78, 5) is 26.7. The minimum atomic E-state index is -0.352. The first-order valence-electron chi connectivity index (χ1n) is 16.3. The molecule has 1 aliphatic rings. The summed E-state index contributed by atoms with van der Waals surface area (Å²) in [5.74, 6) is -0.00000280. The first-order chi connectivity index (χ1) is 23.8. The average molecular weight is 697 g/mol. The van der Waals surface area contributed by atoms with Crippen LogP contribution in [0.3, 0.4) is 0 Å². The van der Waals surface area contributed by atoms with E-state index in [1.54, 1.807) is 24.5 Å². The Morgan fingerprint density at radius 1 is 1.06 bits per heavy atom. The van der Waals surface area contributed by atoms with Gasteiger partial charge >= 0.3 is 0 Å². The normalized spacial score (nSPS) is 14.6. The molecule has 8 nitrogen and oxygen atoms in total. The highest BCUT2D eigenvalue weighted by Gasteiger charge is 2.29. The van der Waals surface area contributed by atoms with Gasteiger partial charge in [-0.1, -0.05) is 78.3 Å². The minimum Gasteiger partial charge on any atom is -0.475 e. The quantitative estimate of drug-likeness (QED) is 0.136. The molecule has 1 amide bonds. The van der Waals surface area contributed by atoms with E-state index >= 15 is 0 Å². The molecule has 1 saturated heterocycles. The number of fused-ring (bicyclic) bond motifs is 1. The van der Waals surface area contributed by atoms with Gasteiger partial charge in [-0.25, -0.2) is 4.98 Å². The predicted molar refractivity (Wildman–Crippen MR) is 199 cm³/mol. The molecule has 49 heavy (non-hydrogen) atoms. The van der Waals surface area contributed by atoms with E-state index in [2.05, 4.69) is 57.6 Å². The Morgan fingerprint density at radius 3 is 2.53 bits per heavy atom. The summed E-state index contributed by atoms with van der Waals surface area (Å²) in [6.07, 6.45) is 3.46.